The van der Waals surface area contributed by atoms with Crippen molar-refractivity contribution >= 4 is 59.5 Å². The lowest BCUT2D eigenvalue weighted by atomic mass is 10.2. The highest BCUT2D eigenvalue weighted by molar-refractivity contribution is 9.13. The van der Waals surface area contributed by atoms with Crippen molar-refractivity contribution in [1.82, 2.24) is 4.98 Å². The Morgan fingerprint density at radius 3 is 2.75 bits per heavy atom. The minimum atomic E-state index is 0.145. The van der Waals surface area contributed by atoms with Crippen LogP contribution in [0.25, 0.3) is 0 Å². The van der Waals surface area contributed by atoms with Crippen molar-refractivity contribution in [3.8, 4) is 0 Å². The molecule has 86 valence electrons. The number of amides is 1. The molecule has 1 fully saturated rings. The Kier molecular flexibility index (Phi) is 4.02. The molecule has 1 saturated heterocycles. The third kappa shape index (κ3) is 2.49. The van der Waals surface area contributed by atoms with E-state index in [0.717, 1.165) is 21.0 Å². The number of anilines is 1. The van der Waals surface area contributed by atoms with Gasteiger partial charge in [-0.1, -0.05) is 15.9 Å². The zero-order chi connectivity index (χ0) is 11.7. The molecule has 6 heteroatoms. The standard InChI is InChI=1S/C10H9Br3N2O/c11-4-6-3-9(16)15(5-6)8-2-1-7(12)10(13)14-8/h1-2,6H,3-5H2. The van der Waals surface area contributed by atoms with Crippen LogP contribution in [0.15, 0.2) is 21.2 Å². The third-order valence-corrected chi connectivity index (χ3v) is 5.18. The highest BCUT2D eigenvalue weighted by Crippen LogP contribution is 2.28. The number of carbonyl (C=O) groups is 1. The second kappa shape index (κ2) is 5.14. The molecule has 1 amide bonds. The van der Waals surface area contributed by atoms with Crippen LogP contribution in [-0.2, 0) is 4.79 Å². The molecule has 1 aliphatic heterocycles. The molecule has 0 saturated carbocycles. The van der Waals surface area contributed by atoms with Crippen LogP contribution in [0.3, 0.4) is 0 Å². The average Bonchev–Trinajstić information content (AvgIpc) is 2.64. The molecule has 2 rings (SSSR count). The number of alkyl halides is 1. The fraction of sp³-hybridized carbons (Fsp3) is 0.400. The van der Waals surface area contributed by atoms with E-state index < -0.39 is 0 Å². The second-order valence-corrected chi connectivity index (χ2v) is 5.92. The van der Waals surface area contributed by atoms with Gasteiger partial charge >= 0.3 is 0 Å². The minimum absolute atomic E-state index is 0.145. The van der Waals surface area contributed by atoms with Gasteiger partial charge in [-0.05, 0) is 49.9 Å². The van der Waals surface area contributed by atoms with E-state index in [9.17, 15) is 4.79 Å². The lowest BCUT2D eigenvalue weighted by Gasteiger charge is -2.15. The molecular weight excluding hydrogens is 404 g/mol. The third-order valence-electron chi connectivity index (χ3n) is 2.49. The van der Waals surface area contributed by atoms with Gasteiger partial charge in [-0.3, -0.25) is 9.69 Å². The summed E-state index contributed by atoms with van der Waals surface area (Å²) >= 11 is 10.1. The lowest BCUT2D eigenvalue weighted by molar-refractivity contribution is -0.117. The van der Waals surface area contributed by atoms with Gasteiger partial charge in [0.2, 0.25) is 5.91 Å². The number of hydrogen-bond donors (Lipinski definition) is 0. The molecule has 0 spiro atoms. The largest absolute Gasteiger partial charge is 0.296 e. The Labute approximate surface area is 119 Å². The number of aromatic nitrogens is 1. The van der Waals surface area contributed by atoms with Gasteiger partial charge in [0.05, 0.1) is 4.47 Å². The van der Waals surface area contributed by atoms with Crippen LogP contribution in [0.4, 0.5) is 5.82 Å². The monoisotopic (exact) mass is 410 g/mol. The van der Waals surface area contributed by atoms with Crippen LogP contribution in [0.1, 0.15) is 6.42 Å². The first-order chi connectivity index (χ1) is 7.61. The van der Waals surface area contributed by atoms with Crippen molar-refractivity contribution in [3.05, 3.63) is 21.2 Å². The van der Waals surface area contributed by atoms with Crippen LogP contribution in [0, 0.1) is 5.92 Å². The van der Waals surface area contributed by atoms with Crippen LogP contribution >= 0.6 is 47.8 Å². The predicted octanol–water partition coefficient (Wildman–Crippen LogP) is 3.35. The summed E-state index contributed by atoms with van der Waals surface area (Å²) in [6.45, 7) is 0.741. The Hall–Kier alpha value is 0.0600. The Morgan fingerprint density at radius 1 is 1.44 bits per heavy atom. The number of nitrogens with zero attached hydrogens (tertiary/aromatic N) is 2. The zero-order valence-electron chi connectivity index (χ0n) is 8.29. The summed E-state index contributed by atoms with van der Waals surface area (Å²) in [4.78, 5) is 17.9. The maximum absolute atomic E-state index is 11.8. The normalized spacial score (nSPS) is 20.6. The van der Waals surface area contributed by atoms with E-state index in [-0.39, 0.29) is 5.91 Å². The molecule has 1 aliphatic rings. The van der Waals surface area contributed by atoms with Gasteiger partial charge < -0.3 is 0 Å². The molecule has 2 heterocycles. The fourth-order valence-corrected chi connectivity index (χ4v) is 2.63. The number of carbonyl (C=O) groups excluding carboxylic acids is 1. The predicted molar refractivity (Wildman–Crippen MR) is 73.9 cm³/mol. The van der Waals surface area contributed by atoms with E-state index in [0.29, 0.717) is 18.2 Å². The fourth-order valence-electron chi connectivity index (χ4n) is 1.66. The smallest absolute Gasteiger partial charge is 0.228 e. The van der Waals surface area contributed by atoms with Crippen molar-refractivity contribution in [1.29, 1.82) is 0 Å². The van der Waals surface area contributed by atoms with Crippen LogP contribution in [-0.4, -0.2) is 22.8 Å². The first-order valence-corrected chi connectivity index (χ1v) is 7.51. The summed E-state index contributed by atoms with van der Waals surface area (Å²) < 4.78 is 1.61. The van der Waals surface area contributed by atoms with Gasteiger partial charge in [0.25, 0.3) is 0 Å². The first-order valence-electron chi connectivity index (χ1n) is 4.80. The molecule has 0 radical (unpaired) electrons. The minimum Gasteiger partial charge on any atom is -0.296 e. The first kappa shape index (κ1) is 12.5. The highest BCUT2D eigenvalue weighted by atomic mass is 79.9. The molecule has 1 atom stereocenters. The van der Waals surface area contributed by atoms with Crippen molar-refractivity contribution in [3.63, 3.8) is 0 Å². The lowest BCUT2D eigenvalue weighted by Crippen LogP contribution is -2.25. The van der Waals surface area contributed by atoms with Crippen LogP contribution < -0.4 is 4.90 Å². The summed E-state index contributed by atoms with van der Waals surface area (Å²) in [6, 6.07) is 3.74. The van der Waals surface area contributed by atoms with Gasteiger partial charge in [0, 0.05) is 18.3 Å². The summed E-state index contributed by atoms with van der Waals surface area (Å²) in [5.41, 5.74) is 0. The highest BCUT2D eigenvalue weighted by Gasteiger charge is 2.30. The van der Waals surface area contributed by atoms with Gasteiger partial charge in [0.15, 0.2) is 0 Å². The van der Waals surface area contributed by atoms with Crippen molar-refractivity contribution in [2.75, 3.05) is 16.8 Å². The van der Waals surface area contributed by atoms with Gasteiger partial charge in [-0.15, -0.1) is 0 Å². The van der Waals surface area contributed by atoms with Gasteiger partial charge in [0.1, 0.15) is 10.4 Å². The molecule has 0 bridgehead atoms. The summed E-state index contributed by atoms with van der Waals surface area (Å²) in [5.74, 6) is 1.24. The molecule has 1 aromatic rings. The molecule has 1 aromatic heterocycles. The molecule has 0 N–H and O–H groups in total. The molecule has 3 nitrogen and oxygen atoms in total. The molecular formula is C10H9Br3N2O. The number of hydrogen-bond acceptors (Lipinski definition) is 2. The number of rotatable bonds is 2. The van der Waals surface area contributed by atoms with E-state index in [2.05, 4.69) is 52.8 Å². The topological polar surface area (TPSA) is 33.2 Å². The van der Waals surface area contributed by atoms with Crippen LogP contribution in [0.5, 0.6) is 0 Å². The quantitative estimate of drug-likeness (QED) is 0.551. The molecule has 16 heavy (non-hydrogen) atoms. The average molecular weight is 413 g/mol. The van der Waals surface area contributed by atoms with Gasteiger partial charge in [-0.25, -0.2) is 4.98 Å². The maximum Gasteiger partial charge on any atom is 0.228 e. The van der Waals surface area contributed by atoms with Crippen molar-refractivity contribution < 1.29 is 4.79 Å². The SMILES string of the molecule is O=C1CC(CBr)CN1c1ccc(Br)c(Br)n1. The van der Waals surface area contributed by atoms with Gasteiger partial charge in [-0.2, -0.15) is 0 Å². The summed E-state index contributed by atoms with van der Waals surface area (Å²) in [6.07, 6.45) is 0.598. The zero-order valence-corrected chi connectivity index (χ0v) is 13.0. The van der Waals surface area contributed by atoms with Crippen LogP contribution in [0.2, 0.25) is 0 Å². The second-order valence-electron chi connectivity index (χ2n) is 3.67. The maximum atomic E-state index is 11.8. The van der Waals surface area contributed by atoms with E-state index in [4.69, 9.17) is 0 Å². The van der Waals surface area contributed by atoms with Crippen molar-refractivity contribution in [2.45, 2.75) is 6.42 Å². The summed E-state index contributed by atoms with van der Waals surface area (Å²) in [5, 5.41) is 0.854. The Balaban J connectivity index is 2.24. The molecule has 0 aromatic carbocycles. The Morgan fingerprint density at radius 2 is 2.19 bits per heavy atom. The van der Waals surface area contributed by atoms with E-state index in [1.54, 1.807) is 4.90 Å². The number of halogens is 3. The van der Waals surface area contributed by atoms with Crippen molar-refractivity contribution in [2.24, 2.45) is 5.92 Å². The van der Waals surface area contributed by atoms with E-state index >= 15 is 0 Å². The Bertz CT molecular complexity index is 425. The molecule has 1 unspecified atom stereocenters. The summed E-state index contributed by atoms with van der Waals surface area (Å²) in [7, 11) is 0. The number of pyridine rings is 1. The van der Waals surface area contributed by atoms with E-state index in [1.165, 1.54) is 0 Å². The van der Waals surface area contributed by atoms with E-state index in [1.807, 2.05) is 12.1 Å². The molecule has 0 aliphatic carbocycles.